The van der Waals surface area contributed by atoms with Gasteiger partial charge < -0.3 is 5.32 Å². The predicted octanol–water partition coefficient (Wildman–Crippen LogP) is 3.28. The number of unbranched alkanes of at least 4 members (excludes halogenated alkanes) is 1. The van der Waals surface area contributed by atoms with Crippen LogP contribution in [0, 0.1) is 5.92 Å². The van der Waals surface area contributed by atoms with Crippen LogP contribution in [-0.4, -0.2) is 37.1 Å². The van der Waals surface area contributed by atoms with E-state index in [-0.39, 0.29) is 0 Å². The second-order valence-corrected chi connectivity index (χ2v) is 5.91. The average Bonchev–Trinajstić information content (AvgIpc) is 3.10. The summed E-state index contributed by atoms with van der Waals surface area (Å²) in [7, 11) is 0. The maximum Gasteiger partial charge on any atom is 0.0110 e. The van der Waals surface area contributed by atoms with Gasteiger partial charge in [-0.1, -0.05) is 27.2 Å². The van der Waals surface area contributed by atoms with Crippen molar-refractivity contribution >= 4 is 0 Å². The van der Waals surface area contributed by atoms with Crippen molar-refractivity contribution in [1.82, 2.24) is 10.2 Å². The lowest BCUT2D eigenvalue weighted by Gasteiger charge is -2.21. The Hall–Kier alpha value is -0.0800. The second kappa shape index (κ2) is 8.93. The molecule has 0 radical (unpaired) electrons. The van der Waals surface area contributed by atoms with Gasteiger partial charge in [0.15, 0.2) is 0 Å². The Balaban J connectivity index is 1.95. The standard InChI is InChI=1S/C15H32N2/c1-4-5-12-17(15-8-9-15)13-11-16-10-6-7-14(2)3/h14-16H,4-13H2,1-3H3. The van der Waals surface area contributed by atoms with Crippen LogP contribution in [0.5, 0.6) is 0 Å². The summed E-state index contributed by atoms with van der Waals surface area (Å²) in [5.41, 5.74) is 0. The molecule has 1 aliphatic carbocycles. The first-order chi connectivity index (χ1) is 8.24. The molecule has 102 valence electrons. The number of hydrogen-bond donors (Lipinski definition) is 1. The third kappa shape index (κ3) is 7.77. The van der Waals surface area contributed by atoms with Crippen molar-refractivity contribution < 1.29 is 0 Å². The van der Waals surface area contributed by atoms with E-state index in [2.05, 4.69) is 31.0 Å². The summed E-state index contributed by atoms with van der Waals surface area (Å²) in [6, 6.07) is 0.930. The van der Waals surface area contributed by atoms with E-state index < -0.39 is 0 Å². The van der Waals surface area contributed by atoms with Gasteiger partial charge in [0.25, 0.3) is 0 Å². The van der Waals surface area contributed by atoms with Crippen LogP contribution in [0.2, 0.25) is 0 Å². The van der Waals surface area contributed by atoms with E-state index >= 15 is 0 Å². The molecule has 0 spiro atoms. The minimum absolute atomic E-state index is 0.851. The van der Waals surface area contributed by atoms with Crippen molar-refractivity contribution in [1.29, 1.82) is 0 Å². The van der Waals surface area contributed by atoms with Crippen LogP contribution in [0.1, 0.15) is 59.3 Å². The number of hydrogen-bond acceptors (Lipinski definition) is 2. The Morgan fingerprint density at radius 3 is 2.47 bits per heavy atom. The largest absolute Gasteiger partial charge is 0.315 e. The summed E-state index contributed by atoms with van der Waals surface area (Å²) in [5.74, 6) is 0.851. The Morgan fingerprint density at radius 1 is 1.12 bits per heavy atom. The minimum atomic E-state index is 0.851. The molecule has 1 rings (SSSR count). The molecule has 1 N–H and O–H groups in total. The van der Waals surface area contributed by atoms with Gasteiger partial charge >= 0.3 is 0 Å². The van der Waals surface area contributed by atoms with E-state index in [4.69, 9.17) is 0 Å². The van der Waals surface area contributed by atoms with E-state index in [0.717, 1.165) is 12.0 Å². The molecule has 1 fully saturated rings. The molecule has 0 heterocycles. The van der Waals surface area contributed by atoms with Crippen LogP contribution < -0.4 is 5.32 Å². The van der Waals surface area contributed by atoms with Gasteiger partial charge in [0, 0.05) is 19.1 Å². The lowest BCUT2D eigenvalue weighted by atomic mass is 10.1. The molecule has 0 unspecified atom stereocenters. The van der Waals surface area contributed by atoms with Crippen LogP contribution in [0.3, 0.4) is 0 Å². The highest BCUT2D eigenvalue weighted by atomic mass is 15.2. The van der Waals surface area contributed by atoms with Crippen molar-refractivity contribution in [2.75, 3.05) is 26.2 Å². The summed E-state index contributed by atoms with van der Waals surface area (Å²) < 4.78 is 0. The number of nitrogens with one attached hydrogen (secondary N) is 1. The summed E-state index contributed by atoms with van der Waals surface area (Å²) in [6.45, 7) is 11.8. The number of rotatable bonds is 11. The molecule has 0 atom stereocenters. The molecule has 0 amide bonds. The fourth-order valence-electron chi connectivity index (χ4n) is 2.26. The number of nitrogens with zero attached hydrogens (tertiary/aromatic N) is 1. The quantitative estimate of drug-likeness (QED) is 0.558. The molecule has 17 heavy (non-hydrogen) atoms. The summed E-state index contributed by atoms with van der Waals surface area (Å²) in [5, 5.41) is 3.59. The molecule has 0 saturated heterocycles. The van der Waals surface area contributed by atoms with E-state index in [1.54, 1.807) is 0 Å². The Labute approximate surface area is 108 Å². The SMILES string of the molecule is CCCCN(CCNCCCC(C)C)C1CC1. The zero-order valence-electron chi connectivity index (χ0n) is 12.2. The first-order valence-corrected chi connectivity index (χ1v) is 7.68. The van der Waals surface area contributed by atoms with Crippen LogP contribution in [-0.2, 0) is 0 Å². The van der Waals surface area contributed by atoms with Crippen molar-refractivity contribution in [3.05, 3.63) is 0 Å². The van der Waals surface area contributed by atoms with Gasteiger partial charge in [-0.15, -0.1) is 0 Å². The van der Waals surface area contributed by atoms with Gasteiger partial charge in [-0.25, -0.2) is 0 Å². The van der Waals surface area contributed by atoms with Crippen LogP contribution in [0.4, 0.5) is 0 Å². The van der Waals surface area contributed by atoms with Crippen LogP contribution >= 0.6 is 0 Å². The molecular formula is C15H32N2. The molecule has 1 aliphatic rings. The molecule has 2 nitrogen and oxygen atoms in total. The van der Waals surface area contributed by atoms with Gasteiger partial charge in [0.1, 0.15) is 0 Å². The predicted molar refractivity (Wildman–Crippen MR) is 76.4 cm³/mol. The Bertz CT molecular complexity index is 176. The van der Waals surface area contributed by atoms with E-state index in [1.807, 2.05) is 0 Å². The molecule has 0 aromatic rings. The van der Waals surface area contributed by atoms with Crippen molar-refractivity contribution in [2.45, 2.75) is 65.3 Å². The molecular weight excluding hydrogens is 208 g/mol. The smallest absolute Gasteiger partial charge is 0.0110 e. The average molecular weight is 240 g/mol. The van der Waals surface area contributed by atoms with Crippen molar-refractivity contribution in [2.24, 2.45) is 5.92 Å². The van der Waals surface area contributed by atoms with Gasteiger partial charge in [-0.2, -0.15) is 0 Å². The Morgan fingerprint density at radius 2 is 1.88 bits per heavy atom. The van der Waals surface area contributed by atoms with Gasteiger partial charge in [0.05, 0.1) is 0 Å². The first-order valence-electron chi connectivity index (χ1n) is 7.68. The zero-order valence-corrected chi connectivity index (χ0v) is 12.2. The van der Waals surface area contributed by atoms with Crippen LogP contribution in [0.15, 0.2) is 0 Å². The topological polar surface area (TPSA) is 15.3 Å². The second-order valence-electron chi connectivity index (χ2n) is 5.91. The molecule has 0 aliphatic heterocycles. The van der Waals surface area contributed by atoms with Crippen molar-refractivity contribution in [3.63, 3.8) is 0 Å². The van der Waals surface area contributed by atoms with E-state index in [0.29, 0.717) is 0 Å². The monoisotopic (exact) mass is 240 g/mol. The fourth-order valence-corrected chi connectivity index (χ4v) is 2.26. The summed E-state index contributed by atoms with van der Waals surface area (Å²) >= 11 is 0. The third-order valence-electron chi connectivity index (χ3n) is 3.57. The molecule has 2 heteroatoms. The first kappa shape index (κ1) is 15.0. The summed E-state index contributed by atoms with van der Waals surface area (Å²) in [4.78, 5) is 2.69. The minimum Gasteiger partial charge on any atom is -0.315 e. The molecule has 0 bridgehead atoms. The Kier molecular flexibility index (Phi) is 7.87. The molecule has 0 aromatic heterocycles. The fraction of sp³-hybridized carbons (Fsp3) is 1.00. The lowest BCUT2D eigenvalue weighted by Crippen LogP contribution is -2.34. The third-order valence-corrected chi connectivity index (χ3v) is 3.57. The maximum absolute atomic E-state index is 3.59. The molecule has 1 saturated carbocycles. The van der Waals surface area contributed by atoms with Gasteiger partial charge in [-0.3, -0.25) is 4.90 Å². The maximum atomic E-state index is 3.59. The summed E-state index contributed by atoms with van der Waals surface area (Å²) in [6.07, 6.45) is 8.26. The lowest BCUT2D eigenvalue weighted by molar-refractivity contribution is 0.258. The van der Waals surface area contributed by atoms with E-state index in [1.165, 1.54) is 64.7 Å². The van der Waals surface area contributed by atoms with Crippen molar-refractivity contribution in [3.8, 4) is 0 Å². The van der Waals surface area contributed by atoms with Gasteiger partial charge in [0.2, 0.25) is 0 Å². The van der Waals surface area contributed by atoms with Crippen LogP contribution in [0.25, 0.3) is 0 Å². The zero-order chi connectivity index (χ0) is 12.5. The highest BCUT2D eigenvalue weighted by Crippen LogP contribution is 2.26. The highest BCUT2D eigenvalue weighted by Gasteiger charge is 2.27. The van der Waals surface area contributed by atoms with E-state index in [9.17, 15) is 0 Å². The normalized spacial score (nSPS) is 16.1. The highest BCUT2D eigenvalue weighted by molar-refractivity contribution is 4.84. The van der Waals surface area contributed by atoms with Gasteiger partial charge in [-0.05, 0) is 51.1 Å². The molecule has 0 aromatic carbocycles.